The number of halogens is 2. The molecule has 0 unspecified atom stereocenters. The lowest BCUT2D eigenvalue weighted by Crippen LogP contribution is -1.82. The molecule has 2 rings (SSSR count). The number of hydrogen-bond acceptors (Lipinski definition) is 2. The van der Waals surface area contributed by atoms with Gasteiger partial charge < -0.3 is 9.15 Å². The van der Waals surface area contributed by atoms with E-state index in [9.17, 15) is 0 Å². The van der Waals surface area contributed by atoms with Crippen LogP contribution in [0.1, 0.15) is 12.7 Å². The highest BCUT2D eigenvalue weighted by Crippen LogP contribution is 2.29. The van der Waals surface area contributed by atoms with Crippen molar-refractivity contribution in [3.8, 4) is 11.7 Å². The molecule has 0 saturated heterocycles. The summed E-state index contributed by atoms with van der Waals surface area (Å²) >= 11 is 11.7. The second kappa shape index (κ2) is 4.81. The quantitative estimate of drug-likeness (QED) is 0.776. The second-order valence-corrected chi connectivity index (χ2v) is 4.15. The standard InChI is InChI=1S/C12H10Cl2O2/c1-2-10-3-4-12(15-10)16-11-6-8(13)5-9(14)7-11/h3-7H,2H2,1H3. The Balaban J connectivity index is 2.19. The predicted octanol–water partition coefficient (Wildman–Crippen LogP) is 4.94. The van der Waals surface area contributed by atoms with Crippen molar-refractivity contribution in [2.24, 2.45) is 0 Å². The summed E-state index contributed by atoms with van der Waals surface area (Å²) in [5.74, 6) is 1.88. The zero-order valence-electron chi connectivity index (χ0n) is 8.67. The van der Waals surface area contributed by atoms with E-state index in [0.29, 0.717) is 21.7 Å². The van der Waals surface area contributed by atoms with Crippen LogP contribution in [0.2, 0.25) is 10.0 Å². The van der Waals surface area contributed by atoms with E-state index < -0.39 is 0 Å². The summed E-state index contributed by atoms with van der Waals surface area (Å²) in [5.41, 5.74) is 0. The third kappa shape index (κ3) is 2.71. The van der Waals surface area contributed by atoms with Crippen molar-refractivity contribution < 1.29 is 9.15 Å². The van der Waals surface area contributed by atoms with Gasteiger partial charge in [-0.05, 0) is 24.3 Å². The first-order valence-corrected chi connectivity index (χ1v) is 5.65. The molecule has 0 bridgehead atoms. The Labute approximate surface area is 104 Å². The highest BCUT2D eigenvalue weighted by molar-refractivity contribution is 6.34. The van der Waals surface area contributed by atoms with Crippen LogP contribution in [0.3, 0.4) is 0 Å². The van der Waals surface area contributed by atoms with Gasteiger partial charge in [-0.15, -0.1) is 0 Å². The van der Waals surface area contributed by atoms with Crippen molar-refractivity contribution in [2.75, 3.05) is 0 Å². The molecule has 2 aromatic rings. The van der Waals surface area contributed by atoms with E-state index in [-0.39, 0.29) is 0 Å². The summed E-state index contributed by atoms with van der Waals surface area (Å²) in [5, 5.41) is 1.06. The second-order valence-electron chi connectivity index (χ2n) is 3.28. The number of hydrogen-bond donors (Lipinski definition) is 0. The molecule has 1 aromatic heterocycles. The van der Waals surface area contributed by atoms with Gasteiger partial charge in [-0.2, -0.15) is 0 Å². The molecule has 0 aliphatic heterocycles. The fourth-order valence-electron chi connectivity index (χ4n) is 1.31. The molecule has 84 valence electrons. The minimum atomic E-state index is 0.440. The Bertz CT molecular complexity index is 471. The van der Waals surface area contributed by atoms with Crippen molar-refractivity contribution in [3.05, 3.63) is 46.1 Å². The first-order chi connectivity index (χ1) is 7.67. The number of aryl methyl sites for hydroxylation is 1. The van der Waals surface area contributed by atoms with E-state index in [1.54, 1.807) is 24.3 Å². The van der Waals surface area contributed by atoms with Crippen molar-refractivity contribution in [1.82, 2.24) is 0 Å². The van der Waals surface area contributed by atoms with Crippen LogP contribution < -0.4 is 4.74 Å². The van der Waals surface area contributed by atoms with Crippen molar-refractivity contribution in [1.29, 1.82) is 0 Å². The zero-order chi connectivity index (χ0) is 11.5. The van der Waals surface area contributed by atoms with Crippen LogP contribution in [0, 0.1) is 0 Å². The van der Waals surface area contributed by atoms with Gasteiger partial charge in [0.05, 0.1) is 0 Å². The summed E-state index contributed by atoms with van der Waals surface area (Å²) in [6, 6.07) is 8.66. The largest absolute Gasteiger partial charge is 0.431 e. The van der Waals surface area contributed by atoms with Gasteiger partial charge in [0, 0.05) is 22.5 Å². The van der Waals surface area contributed by atoms with Crippen molar-refractivity contribution in [2.45, 2.75) is 13.3 Å². The summed E-state index contributed by atoms with van der Waals surface area (Å²) in [7, 11) is 0. The van der Waals surface area contributed by atoms with E-state index in [4.69, 9.17) is 32.4 Å². The van der Waals surface area contributed by atoms with Gasteiger partial charge in [-0.1, -0.05) is 30.1 Å². The summed E-state index contributed by atoms with van der Waals surface area (Å²) < 4.78 is 10.9. The first-order valence-electron chi connectivity index (χ1n) is 4.90. The van der Waals surface area contributed by atoms with Crippen molar-refractivity contribution in [3.63, 3.8) is 0 Å². The molecule has 1 aromatic carbocycles. The maximum atomic E-state index is 5.85. The normalized spacial score (nSPS) is 10.4. The van der Waals surface area contributed by atoms with Crippen LogP contribution in [0.15, 0.2) is 34.7 Å². The van der Waals surface area contributed by atoms with E-state index in [1.165, 1.54) is 0 Å². The number of rotatable bonds is 3. The molecule has 16 heavy (non-hydrogen) atoms. The van der Waals surface area contributed by atoms with Gasteiger partial charge in [0.1, 0.15) is 11.5 Å². The van der Waals surface area contributed by atoms with Gasteiger partial charge in [0.15, 0.2) is 0 Å². The summed E-state index contributed by atoms with van der Waals surface area (Å²) in [4.78, 5) is 0. The van der Waals surface area contributed by atoms with E-state index in [1.807, 2.05) is 13.0 Å². The van der Waals surface area contributed by atoms with Gasteiger partial charge in [0.25, 0.3) is 5.95 Å². The van der Waals surface area contributed by atoms with Gasteiger partial charge in [-0.3, -0.25) is 0 Å². The fourth-order valence-corrected chi connectivity index (χ4v) is 1.81. The van der Waals surface area contributed by atoms with Gasteiger partial charge in [0.2, 0.25) is 0 Å². The number of ether oxygens (including phenoxy) is 1. The molecule has 0 fully saturated rings. The molecule has 1 heterocycles. The fraction of sp³-hybridized carbons (Fsp3) is 0.167. The number of furan rings is 1. The van der Waals surface area contributed by atoms with Crippen LogP contribution in [0.5, 0.6) is 11.7 Å². The molecule has 0 radical (unpaired) electrons. The third-order valence-corrected chi connectivity index (χ3v) is 2.48. The molecule has 0 spiro atoms. The van der Waals surface area contributed by atoms with Crippen LogP contribution in [0.25, 0.3) is 0 Å². The molecule has 2 nitrogen and oxygen atoms in total. The highest BCUT2D eigenvalue weighted by atomic mass is 35.5. The summed E-state index contributed by atoms with van der Waals surface area (Å²) in [6.07, 6.45) is 0.833. The first kappa shape index (κ1) is 11.4. The Morgan fingerprint density at radius 3 is 2.38 bits per heavy atom. The molecule has 0 N–H and O–H groups in total. The van der Waals surface area contributed by atoms with Crippen LogP contribution >= 0.6 is 23.2 Å². The SMILES string of the molecule is CCc1ccc(Oc2cc(Cl)cc(Cl)c2)o1. The van der Waals surface area contributed by atoms with E-state index in [0.717, 1.165) is 12.2 Å². The Morgan fingerprint density at radius 2 is 1.81 bits per heavy atom. The smallest absolute Gasteiger partial charge is 0.290 e. The van der Waals surface area contributed by atoms with Gasteiger partial charge in [-0.25, -0.2) is 0 Å². The summed E-state index contributed by atoms with van der Waals surface area (Å²) in [6.45, 7) is 2.01. The monoisotopic (exact) mass is 256 g/mol. The molecule has 0 atom stereocenters. The molecule has 0 amide bonds. The average Bonchev–Trinajstić information content (AvgIpc) is 2.64. The maximum absolute atomic E-state index is 5.85. The van der Waals surface area contributed by atoms with Crippen LogP contribution in [-0.4, -0.2) is 0 Å². The zero-order valence-corrected chi connectivity index (χ0v) is 10.2. The maximum Gasteiger partial charge on any atom is 0.290 e. The predicted molar refractivity (Wildman–Crippen MR) is 64.6 cm³/mol. The Kier molecular flexibility index (Phi) is 3.42. The molecule has 0 aliphatic carbocycles. The molecule has 0 saturated carbocycles. The lowest BCUT2D eigenvalue weighted by Gasteiger charge is -2.03. The molecule has 4 heteroatoms. The Hall–Kier alpha value is -1.12. The minimum Gasteiger partial charge on any atom is -0.431 e. The lowest BCUT2D eigenvalue weighted by molar-refractivity contribution is 0.333. The average molecular weight is 257 g/mol. The van der Waals surface area contributed by atoms with E-state index in [2.05, 4.69) is 0 Å². The lowest BCUT2D eigenvalue weighted by atomic mass is 10.3. The topological polar surface area (TPSA) is 22.4 Å². The molecular formula is C12H10Cl2O2. The van der Waals surface area contributed by atoms with Crippen molar-refractivity contribution >= 4 is 23.2 Å². The van der Waals surface area contributed by atoms with Crippen LogP contribution in [0.4, 0.5) is 0 Å². The molecule has 0 aliphatic rings. The minimum absolute atomic E-state index is 0.440. The molecular weight excluding hydrogens is 247 g/mol. The van der Waals surface area contributed by atoms with Crippen LogP contribution in [-0.2, 0) is 6.42 Å². The van der Waals surface area contributed by atoms with E-state index >= 15 is 0 Å². The Morgan fingerprint density at radius 1 is 1.12 bits per heavy atom. The third-order valence-electron chi connectivity index (χ3n) is 2.04. The van der Waals surface area contributed by atoms with Gasteiger partial charge >= 0.3 is 0 Å². The number of benzene rings is 1. The highest BCUT2D eigenvalue weighted by Gasteiger charge is 2.04.